The van der Waals surface area contributed by atoms with E-state index in [1.165, 1.54) is 0 Å². The lowest BCUT2D eigenvalue weighted by molar-refractivity contribution is -0.142. The molecule has 2 N–H and O–H groups in total. The minimum absolute atomic E-state index is 0.118. The fourth-order valence-electron chi connectivity index (χ4n) is 2.31. The van der Waals surface area contributed by atoms with Crippen molar-refractivity contribution in [3.8, 4) is 0 Å². The highest BCUT2D eigenvalue weighted by atomic mass is 16.2. The number of hydrogen-bond donors (Lipinski definition) is 1. The molecule has 16 heavy (non-hydrogen) atoms. The van der Waals surface area contributed by atoms with E-state index in [4.69, 9.17) is 5.73 Å². The summed E-state index contributed by atoms with van der Waals surface area (Å²) in [6.07, 6.45) is 1.12. The highest BCUT2D eigenvalue weighted by molar-refractivity contribution is 5.82. The third-order valence-corrected chi connectivity index (χ3v) is 3.35. The van der Waals surface area contributed by atoms with E-state index in [1.807, 2.05) is 7.05 Å². The van der Waals surface area contributed by atoms with E-state index in [0.717, 1.165) is 19.5 Å². The Morgan fingerprint density at radius 2 is 2.12 bits per heavy atom. The van der Waals surface area contributed by atoms with Gasteiger partial charge in [0.05, 0.1) is 0 Å². The number of nitrogens with two attached hydrogens (primary N) is 1. The van der Waals surface area contributed by atoms with Gasteiger partial charge in [0.2, 0.25) is 5.91 Å². The van der Waals surface area contributed by atoms with Crippen molar-refractivity contribution in [2.75, 3.05) is 26.7 Å². The van der Waals surface area contributed by atoms with Crippen LogP contribution < -0.4 is 5.73 Å². The van der Waals surface area contributed by atoms with Crippen molar-refractivity contribution >= 4 is 5.91 Å². The second-order valence-electron chi connectivity index (χ2n) is 5.24. The topological polar surface area (TPSA) is 49.6 Å². The number of carbonyl (C=O) groups is 1. The molecule has 0 radical (unpaired) electrons. The molecular formula is C12H25N3O. The van der Waals surface area contributed by atoms with Crippen LogP contribution in [0.2, 0.25) is 0 Å². The summed E-state index contributed by atoms with van der Waals surface area (Å²) >= 11 is 0. The van der Waals surface area contributed by atoms with Gasteiger partial charge in [-0.25, -0.2) is 0 Å². The predicted molar refractivity (Wildman–Crippen MR) is 66.1 cm³/mol. The number of rotatable bonds is 4. The average molecular weight is 227 g/mol. The van der Waals surface area contributed by atoms with E-state index in [9.17, 15) is 4.79 Å². The zero-order valence-electron chi connectivity index (χ0n) is 10.9. The summed E-state index contributed by atoms with van der Waals surface area (Å²) in [7, 11) is 1.86. The van der Waals surface area contributed by atoms with Crippen LogP contribution in [-0.2, 0) is 4.79 Å². The highest BCUT2D eigenvalue weighted by Gasteiger charge is 2.35. The molecule has 1 heterocycles. The van der Waals surface area contributed by atoms with Crippen LogP contribution in [0.5, 0.6) is 0 Å². The quantitative estimate of drug-likeness (QED) is 0.762. The van der Waals surface area contributed by atoms with Gasteiger partial charge in [0.1, 0.15) is 6.04 Å². The summed E-state index contributed by atoms with van der Waals surface area (Å²) in [5, 5.41) is 0. The second kappa shape index (κ2) is 5.64. The smallest absolute Gasteiger partial charge is 0.241 e. The Morgan fingerprint density at radius 3 is 2.62 bits per heavy atom. The fraction of sp³-hybridized carbons (Fsp3) is 0.917. The van der Waals surface area contributed by atoms with Crippen molar-refractivity contribution in [2.24, 2.45) is 11.7 Å². The Bertz CT molecular complexity index is 242. The summed E-state index contributed by atoms with van der Waals surface area (Å²) in [4.78, 5) is 16.0. The summed E-state index contributed by atoms with van der Waals surface area (Å²) in [6.45, 7) is 8.80. The Labute approximate surface area is 98.8 Å². The first-order chi connectivity index (χ1) is 7.47. The molecule has 0 aromatic heterocycles. The molecule has 4 nitrogen and oxygen atoms in total. The number of hydrogen-bond acceptors (Lipinski definition) is 3. The molecule has 1 amide bonds. The van der Waals surface area contributed by atoms with E-state index in [1.54, 1.807) is 4.90 Å². The largest absolute Gasteiger partial charge is 0.343 e. The van der Waals surface area contributed by atoms with Crippen molar-refractivity contribution in [1.82, 2.24) is 9.80 Å². The van der Waals surface area contributed by atoms with Crippen LogP contribution in [0.4, 0.5) is 0 Å². The maximum absolute atomic E-state index is 12.0. The molecule has 0 aliphatic carbocycles. The van der Waals surface area contributed by atoms with E-state index in [2.05, 4.69) is 25.7 Å². The van der Waals surface area contributed by atoms with E-state index >= 15 is 0 Å². The lowest BCUT2D eigenvalue weighted by atomic mass is 10.0. The summed E-state index contributed by atoms with van der Waals surface area (Å²) in [5.74, 6) is 0.838. The van der Waals surface area contributed by atoms with E-state index in [0.29, 0.717) is 18.5 Å². The summed E-state index contributed by atoms with van der Waals surface area (Å²) in [6, 6.07) is 0.294. The Morgan fingerprint density at radius 1 is 1.50 bits per heavy atom. The van der Waals surface area contributed by atoms with E-state index < -0.39 is 0 Å². The maximum atomic E-state index is 12.0. The molecule has 1 rings (SSSR count). The molecule has 1 saturated heterocycles. The van der Waals surface area contributed by atoms with Crippen LogP contribution in [0.3, 0.4) is 0 Å². The molecule has 1 aliphatic rings. The third-order valence-electron chi connectivity index (χ3n) is 3.35. The number of nitrogens with zero attached hydrogens (tertiary/aromatic N) is 2. The standard InChI is InChI=1S/C12H25N3O/c1-9(2)5-6-15-10(3)8-14(4)12(16)11(15)7-13/h9-11H,5-8,13H2,1-4H3. The van der Waals surface area contributed by atoms with Gasteiger partial charge in [0.25, 0.3) is 0 Å². The zero-order valence-corrected chi connectivity index (χ0v) is 10.9. The van der Waals surface area contributed by atoms with Gasteiger partial charge in [-0.3, -0.25) is 9.69 Å². The van der Waals surface area contributed by atoms with Gasteiger partial charge in [-0.15, -0.1) is 0 Å². The van der Waals surface area contributed by atoms with Crippen molar-refractivity contribution in [1.29, 1.82) is 0 Å². The molecule has 0 spiro atoms. The first kappa shape index (κ1) is 13.5. The molecule has 2 unspecified atom stereocenters. The number of carbonyl (C=O) groups excluding carboxylic acids is 1. The van der Waals surface area contributed by atoms with Crippen molar-refractivity contribution < 1.29 is 4.79 Å². The zero-order chi connectivity index (χ0) is 12.3. The van der Waals surface area contributed by atoms with Crippen molar-refractivity contribution in [3.63, 3.8) is 0 Å². The predicted octanol–water partition coefficient (Wildman–Crippen LogP) is 0.522. The highest BCUT2D eigenvalue weighted by Crippen LogP contribution is 2.17. The number of amides is 1. The lowest BCUT2D eigenvalue weighted by Crippen LogP contribution is -2.62. The second-order valence-corrected chi connectivity index (χ2v) is 5.24. The Hall–Kier alpha value is -0.610. The van der Waals surface area contributed by atoms with Gasteiger partial charge in [-0.2, -0.15) is 0 Å². The van der Waals surface area contributed by atoms with Crippen molar-refractivity contribution in [3.05, 3.63) is 0 Å². The molecular weight excluding hydrogens is 202 g/mol. The van der Waals surface area contributed by atoms with Crippen LogP contribution >= 0.6 is 0 Å². The minimum Gasteiger partial charge on any atom is -0.343 e. The van der Waals surface area contributed by atoms with Gasteiger partial charge in [-0.05, 0) is 25.8 Å². The first-order valence-electron chi connectivity index (χ1n) is 6.18. The lowest BCUT2D eigenvalue weighted by Gasteiger charge is -2.43. The van der Waals surface area contributed by atoms with Crippen LogP contribution in [-0.4, -0.2) is 54.5 Å². The number of piperazine rings is 1. The van der Waals surface area contributed by atoms with Gasteiger partial charge in [0.15, 0.2) is 0 Å². The molecule has 0 saturated carbocycles. The number of likely N-dealkylation sites (N-methyl/N-ethyl adjacent to an activating group) is 1. The van der Waals surface area contributed by atoms with Gasteiger partial charge >= 0.3 is 0 Å². The Kier molecular flexibility index (Phi) is 4.74. The molecule has 2 atom stereocenters. The molecule has 0 aromatic carbocycles. The first-order valence-corrected chi connectivity index (χ1v) is 6.18. The summed E-state index contributed by atoms with van der Waals surface area (Å²) in [5.41, 5.74) is 5.73. The van der Waals surface area contributed by atoms with E-state index in [-0.39, 0.29) is 11.9 Å². The summed E-state index contributed by atoms with van der Waals surface area (Å²) < 4.78 is 0. The fourth-order valence-corrected chi connectivity index (χ4v) is 2.31. The molecule has 94 valence electrons. The van der Waals surface area contributed by atoms with Gasteiger partial charge in [0, 0.05) is 26.2 Å². The SMILES string of the molecule is CC(C)CCN1C(C)CN(C)C(=O)C1CN. The molecule has 4 heteroatoms. The third kappa shape index (κ3) is 2.95. The Balaban J connectivity index is 2.67. The van der Waals surface area contributed by atoms with Gasteiger partial charge in [-0.1, -0.05) is 13.8 Å². The van der Waals surface area contributed by atoms with Crippen LogP contribution in [0, 0.1) is 5.92 Å². The van der Waals surface area contributed by atoms with Crippen LogP contribution in [0.15, 0.2) is 0 Å². The molecule has 1 aliphatic heterocycles. The normalized spacial score (nSPS) is 27.9. The molecule has 0 bridgehead atoms. The van der Waals surface area contributed by atoms with Crippen LogP contribution in [0.1, 0.15) is 27.2 Å². The maximum Gasteiger partial charge on any atom is 0.241 e. The van der Waals surface area contributed by atoms with Crippen molar-refractivity contribution in [2.45, 2.75) is 39.3 Å². The molecule has 1 fully saturated rings. The monoisotopic (exact) mass is 227 g/mol. The average Bonchev–Trinajstić information content (AvgIpc) is 2.21. The molecule has 0 aromatic rings. The minimum atomic E-state index is -0.118. The van der Waals surface area contributed by atoms with Gasteiger partial charge < -0.3 is 10.6 Å². The van der Waals surface area contributed by atoms with Crippen LogP contribution in [0.25, 0.3) is 0 Å².